The van der Waals surface area contributed by atoms with Crippen LogP contribution in [0.3, 0.4) is 0 Å². The molecule has 1 unspecified atom stereocenters. The highest BCUT2D eigenvalue weighted by Gasteiger charge is 2.56. The molecular weight excluding hydrogens is 437 g/mol. The lowest BCUT2D eigenvalue weighted by Gasteiger charge is -2.27. The van der Waals surface area contributed by atoms with Crippen molar-refractivity contribution in [2.75, 3.05) is 0 Å². The summed E-state index contributed by atoms with van der Waals surface area (Å²) in [7, 11) is 0. The molecule has 0 radical (unpaired) electrons. The summed E-state index contributed by atoms with van der Waals surface area (Å²) in [5.41, 5.74) is 1.37. The third-order valence-corrected chi connectivity index (χ3v) is 7.24. The van der Waals surface area contributed by atoms with E-state index in [2.05, 4.69) is 15.4 Å². The Bertz CT molecular complexity index is 1340. The zero-order valence-corrected chi connectivity index (χ0v) is 18.6. The van der Waals surface area contributed by atoms with Crippen LogP contribution in [-0.2, 0) is 16.1 Å². The second-order valence-electron chi connectivity index (χ2n) is 9.53. The summed E-state index contributed by atoms with van der Waals surface area (Å²) in [5, 5.41) is 7.98. The Labute approximate surface area is 195 Å². The van der Waals surface area contributed by atoms with Gasteiger partial charge in [0.25, 0.3) is 0 Å². The van der Waals surface area contributed by atoms with Gasteiger partial charge in [0.15, 0.2) is 11.4 Å². The van der Waals surface area contributed by atoms with Crippen LogP contribution in [0.1, 0.15) is 48.2 Å². The number of fused-ring (bicyclic) bond motifs is 2. The van der Waals surface area contributed by atoms with Crippen molar-refractivity contribution in [2.24, 2.45) is 5.92 Å². The number of hydrogen-bond donors (Lipinski definition) is 1. The summed E-state index contributed by atoms with van der Waals surface area (Å²) in [6.45, 7) is 1.35. The van der Waals surface area contributed by atoms with Crippen molar-refractivity contribution in [3.05, 3.63) is 59.7 Å². The smallest absolute Gasteiger partial charge is 0.245 e. The molecule has 2 amide bonds. The van der Waals surface area contributed by atoms with Gasteiger partial charge in [-0.25, -0.2) is 14.1 Å². The van der Waals surface area contributed by atoms with Crippen LogP contribution in [0.5, 0.6) is 0 Å². The number of ketones is 1. The second kappa shape index (κ2) is 7.72. The monoisotopic (exact) mass is 461 g/mol. The van der Waals surface area contributed by atoms with Crippen molar-refractivity contribution in [3.63, 3.8) is 0 Å². The molecule has 5 atom stereocenters. The number of rotatable bonds is 6. The first-order valence-electron chi connectivity index (χ1n) is 11.6. The van der Waals surface area contributed by atoms with Gasteiger partial charge in [-0.15, -0.1) is 0 Å². The van der Waals surface area contributed by atoms with Crippen molar-refractivity contribution in [2.45, 2.75) is 56.8 Å². The number of nitrogens with one attached hydrogen (secondary N) is 1. The van der Waals surface area contributed by atoms with Crippen molar-refractivity contribution in [3.8, 4) is 0 Å². The topological polar surface area (TPSA) is 97.2 Å². The molecule has 2 saturated carbocycles. The SMILES string of the molecule is CC(=O)c1nn(CC(=O)N2C3C[C@@H]3C[C@H]2C(=O)N[C@H]2C[C@@H]2c2ccccc2F)c2ncccc12. The molecule has 1 saturated heterocycles. The number of amides is 2. The molecule has 3 fully saturated rings. The highest BCUT2D eigenvalue weighted by molar-refractivity contribution is 6.04. The number of likely N-dealkylation sites (tertiary alicyclic amines) is 1. The number of piperidine rings is 1. The number of Topliss-reactive ketones (excluding diaryl/α,β-unsaturated/α-hetero) is 1. The summed E-state index contributed by atoms with van der Waals surface area (Å²) in [6.07, 6.45) is 3.82. The molecule has 1 N–H and O–H groups in total. The van der Waals surface area contributed by atoms with Gasteiger partial charge in [0.05, 0.1) is 5.39 Å². The molecular formula is C25H24FN5O3. The Kier molecular flexibility index (Phi) is 4.75. The lowest BCUT2D eigenvalue weighted by atomic mass is 10.1. The highest BCUT2D eigenvalue weighted by atomic mass is 19.1. The maximum Gasteiger partial charge on any atom is 0.245 e. The normalized spacial score (nSPS) is 26.9. The van der Waals surface area contributed by atoms with Gasteiger partial charge < -0.3 is 10.2 Å². The van der Waals surface area contributed by atoms with Gasteiger partial charge in [0.2, 0.25) is 11.8 Å². The fourth-order valence-electron chi connectivity index (χ4n) is 5.39. The van der Waals surface area contributed by atoms with E-state index in [0.717, 1.165) is 6.42 Å². The molecule has 2 aliphatic carbocycles. The van der Waals surface area contributed by atoms with E-state index in [-0.39, 0.29) is 53.7 Å². The van der Waals surface area contributed by atoms with Crippen LogP contribution in [0.4, 0.5) is 4.39 Å². The van der Waals surface area contributed by atoms with Crippen LogP contribution in [0.25, 0.3) is 11.0 Å². The molecule has 3 aliphatic rings. The average Bonchev–Trinajstić information content (AvgIpc) is 3.69. The number of aromatic nitrogens is 3. The van der Waals surface area contributed by atoms with E-state index in [0.29, 0.717) is 35.4 Å². The van der Waals surface area contributed by atoms with Gasteiger partial charge >= 0.3 is 0 Å². The van der Waals surface area contributed by atoms with Gasteiger partial charge in [0.1, 0.15) is 24.1 Å². The van der Waals surface area contributed by atoms with E-state index in [4.69, 9.17) is 0 Å². The first-order valence-corrected chi connectivity index (χ1v) is 11.6. The third-order valence-electron chi connectivity index (χ3n) is 7.24. The maximum atomic E-state index is 14.1. The van der Waals surface area contributed by atoms with E-state index >= 15 is 0 Å². The minimum atomic E-state index is -0.541. The number of nitrogens with zero attached hydrogens (tertiary/aromatic N) is 4. The lowest BCUT2D eigenvalue weighted by Crippen LogP contribution is -2.49. The van der Waals surface area contributed by atoms with E-state index in [9.17, 15) is 18.8 Å². The van der Waals surface area contributed by atoms with Crippen LogP contribution in [0, 0.1) is 11.7 Å². The van der Waals surface area contributed by atoms with Gasteiger partial charge in [-0.2, -0.15) is 5.10 Å². The Hall–Kier alpha value is -3.62. The van der Waals surface area contributed by atoms with Crippen LogP contribution in [0.2, 0.25) is 0 Å². The lowest BCUT2D eigenvalue weighted by molar-refractivity contribution is -0.140. The van der Waals surface area contributed by atoms with E-state index in [1.807, 2.05) is 0 Å². The second-order valence-corrected chi connectivity index (χ2v) is 9.53. The van der Waals surface area contributed by atoms with Crippen molar-refractivity contribution >= 4 is 28.6 Å². The quantitative estimate of drug-likeness (QED) is 0.569. The van der Waals surface area contributed by atoms with Crippen molar-refractivity contribution in [1.29, 1.82) is 0 Å². The molecule has 34 heavy (non-hydrogen) atoms. The first kappa shape index (κ1) is 20.9. The Morgan fingerprint density at radius 1 is 1.12 bits per heavy atom. The average molecular weight is 461 g/mol. The molecule has 8 nitrogen and oxygen atoms in total. The molecule has 2 aromatic heterocycles. The summed E-state index contributed by atoms with van der Waals surface area (Å²) in [6, 6.07) is 9.53. The Morgan fingerprint density at radius 3 is 2.74 bits per heavy atom. The highest BCUT2D eigenvalue weighted by Crippen LogP contribution is 2.48. The van der Waals surface area contributed by atoms with Crippen LogP contribution in [0.15, 0.2) is 42.6 Å². The predicted octanol–water partition coefficient (Wildman–Crippen LogP) is 2.43. The van der Waals surface area contributed by atoms with E-state index in [1.54, 1.807) is 41.4 Å². The minimum Gasteiger partial charge on any atom is -0.351 e. The predicted molar refractivity (Wildman–Crippen MR) is 120 cm³/mol. The van der Waals surface area contributed by atoms with Gasteiger partial charge in [-0.3, -0.25) is 14.4 Å². The molecule has 9 heteroatoms. The number of halogens is 1. The summed E-state index contributed by atoms with van der Waals surface area (Å²) in [4.78, 5) is 44.5. The number of benzene rings is 1. The fraction of sp³-hybridized carbons (Fsp3) is 0.400. The maximum absolute atomic E-state index is 14.1. The van der Waals surface area contributed by atoms with Gasteiger partial charge in [-0.05, 0) is 48.9 Å². The summed E-state index contributed by atoms with van der Waals surface area (Å²) < 4.78 is 15.5. The molecule has 174 valence electrons. The van der Waals surface area contributed by atoms with E-state index in [1.165, 1.54) is 17.7 Å². The zero-order valence-electron chi connectivity index (χ0n) is 18.6. The number of hydrogen-bond acceptors (Lipinski definition) is 5. The summed E-state index contributed by atoms with van der Waals surface area (Å²) >= 11 is 0. The van der Waals surface area contributed by atoms with Crippen LogP contribution < -0.4 is 5.32 Å². The Balaban J connectivity index is 1.17. The molecule has 0 spiro atoms. The van der Waals surface area contributed by atoms with Gasteiger partial charge in [-0.1, -0.05) is 18.2 Å². The van der Waals surface area contributed by atoms with Crippen molar-refractivity contribution in [1.82, 2.24) is 25.0 Å². The minimum absolute atomic E-state index is 0.0308. The summed E-state index contributed by atoms with van der Waals surface area (Å²) in [5.74, 6) is -0.542. The number of carbonyl (C=O) groups is 3. The third kappa shape index (κ3) is 3.46. The molecule has 6 rings (SSSR count). The largest absolute Gasteiger partial charge is 0.351 e. The standard InChI is InChI=1S/C25H24FN5O3/c1-13(32)23-16-6-4-8-27-24(16)30(29-23)12-22(33)31-20-9-14(20)10-21(31)25(34)28-19-11-17(19)15-5-2-3-7-18(15)26/h2-8,14,17,19-21H,9-12H2,1H3,(H,28,34)/t14-,17-,19+,20?,21+/m1/s1. The molecule has 1 aliphatic heterocycles. The fourth-order valence-corrected chi connectivity index (χ4v) is 5.39. The zero-order chi connectivity index (χ0) is 23.6. The van der Waals surface area contributed by atoms with Crippen molar-refractivity contribution < 1.29 is 18.8 Å². The van der Waals surface area contributed by atoms with E-state index < -0.39 is 6.04 Å². The first-order chi connectivity index (χ1) is 16.4. The number of carbonyl (C=O) groups excluding carboxylic acids is 3. The Morgan fingerprint density at radius 2 is 1.94 bits per heavy atom. The van der Waals surface area contributed by atoms with Crippen LogP contribution in [-0.4, -0.2) is 55.4 Å². The number of pyridine rings is 1. The molecule has 3 aromatic rings. The molecule has 0 bridgehead atoms. The molecule has 1 aromatic carbocycles. The van der Waals surface area contributed by atoms with Crippen LogP contribution >= 0.6 is 0 Å². The van der Waals surface area contributed by atoms with Gasteiger partial charge in [0, 0.05) is 31.1 Å². The molecule has 3 heterocycles.